The predicted molar refractivity (Wildman–Crippen MR) is 52.3 cm³/mol. The van der Waals surface area contributed by atoms with Crippen molar-refractivity contribution >= 4 is 18.8 Å². The van der Waals surface area contributed by atoms with Gasteiger partial charge in [-0.05, 0) is 0 Å². The SMILES string of the molecule is [CH3][Sn]([CH3])([CH3])[O]OC1C=CCCC1. The number of allylic oxidation sites excluding steroid dienone is 1. The molecule has 1 aliphatic rings. The first-order valence-corrected chi connectivity index (χ1v) is 14.3. The minimum absolute atomic E-state index is 0.217. The summed E-state index contributed by atoms with van der Waals surface area (Å²) in [7, 11) is 0. The molecule has 0 aromatic rings. The molecule has 1 aliphatic carbocycles. The van der Waals surface area contributed by atoms with Crippen LogP contribution in [0, 0.1) is 0 Å². The summed E-state index contributed by atoms with van der Waals surface area (Å²) in [6, 6.07) is 0. The van der Waals surface area contributed by atoms with Gasteiger partial charge in [0.25, 0.3) is 0 Å². The van der Waals surface area contributed by atoms with E-state index in [4.69, 9.17) is 8.11 Å². The van der Waals surface area contributed by atoms with E-state index in [-0.39, 0.29) is 6.10 Å². The third-order valence-corrected chi connectivity index (χ3v) is 3.33. The van der Waals surface area contributed by atoms with Gasteiger partial charge in [0.15, 0.2) is 0 Å². The molecular formula is C9H18O2Sn. The van der Waals surface area contributed by atoms with Crippen LogP contribution in [0.4, 0.5) is 0 Å². The van der Waals surface area contributed by atoms with E-state index in [2.05, 4.69) is 27.0 Å². The molecule has 0 bridgehead atoms. The Balaban J connectivity index is 2.22. The van der Waals surface area contributed by atoms with Crippen LogP contribution in [0.15, 0.2) is 12.2 Å². The number of hydrogen-bond donors (Lipinski definition) is 0. The van der Waals surface area contributed by atoms with E-state index >= 15 is 0 Å². The summed E-state index contributed by atoms with van der Waals surface area (Å²) < 4.78 is 5.43. The first kappa shape index (κ1) is 10.5. The van der Waals surface area contributed by atoms with Crippen LogP contribution in [-0.4, -0.2) is 24.9 Å². The van der Waals surface area contributed by atoms with Crippen LogP contribution in [0.5, 0.6) is 0 Å². The summed E-state index contributed by atoms with van der Waals surface area (Å²) in [5.74, 6) is 0. The zero-order valence-corrected chi connectivity index (χ0v) is 11.0. The van der Waals surface area contributed by atoms with E-state index in [0.717, 1.165) is 6.42 Å². The van der Waals surface area contributed by atoms with Gasteiger partial charge in [-0.3, -0.25) is 0 Å². The minimum atomic E-state index is -2.16. The maximum atomic E-state index is 5.43. The van der Waals surface area contributed by atoms with Crippen molar-refractivity contribution in [3.8, 4) is 0 Å². The van der Waals surface area contributed by atoms with Gasteiger partial charge >= 0.3 is 79.2 Å². The molecule has 0 N–H and O–H groups in total. The second kappa shape index (κ2) is 4.63. The molecule has 0 aromatic carbocycles. The predicted octanol–water partition coefficient (Wildman–Crippen LogP) is 2.88. The van der Waals surface area contributed by atoms with Gasteiger partial charge in [0.2, 0.25) is 0 Å². The molecule has 0 aromatic heterocycles. The van der Waals surface area contributed by atoms with Crippen molar-refractivity contribution < 1.29 is 8.11 Å². The monoisotopic (exact) mass is 278 g/mol. The van der Waals surface area contributed by atoms with E-state index in [1.165, 1.54) is 12.8 Å². The van der Waals surface area contributed by atoms with Gasteiger partial charge in [0.05, 0.1) is 0 Å². The Kier molecular flexibility index (Phi) is 4.06. The summed E-state index contributed by atoms with van der Waals surface area (Å²) in [5.41, 5.74) is 0. The van der Waals surface area contributed by atoms with Gasteiger partial charge in [0.1, 0.15) is 0 Å². The molecule has 0 amide bonds. The summed E-state index contributed by atoms with van der Waals surface area (Å²) in [4.78, 5) is 11.9. The van der Waals surface area contributed by atoms with Crippen LogP contribution >= 0.6 is 0 Å². The molecule has 0 fully saturated rings. The summed E-state index contributed by atoms with van der Waals surface area (Å²) in [6.45, 7) is 0. The second-order valence-corrected chi connectivity index (χ2v) is 16.7. The van der Waals surface area contributed by atoms with E-state index in [1.807, 2.05) is 0 Å². The fourth-order valence-electron chi connectivity index (χ4n) is 1.07. The zero-order valence-electron chi connectivity index (χ0n) is 8.17. The molecule has 0 spiro atoms. The van der Waals surface area contributed by atoms with Crippen molar-refractivity contribution in [3.05, 3.63) is 12.2 Å². The van der Waals surface area contributed by atoms with Crippen molar-refractivity contribution in [2.24, 2.45) is 0 Å². The Morgan fingerprint density at radius 1 is 1.33 bits per heavy atom. The zero-order chi connectivity index (χ0) is 9.03. The Bertz CT molecular complexity index is 160. The second-order valence-electron chi connectivity index (χ2n) is 4.19. The van der Waals surface area contributed by atoms with Crippen LogP contribution in [-0.2, 0) is 8.11 Å². The van der Waals surface area contributed by atoms with Crippen molar-refractivity contribution in [2.75, 3.05) is 0 Å². The third-order valence-electron chi connectivity index (χ3n) is 1.63. The van der Waals surface area contributed by atoms with Gasteiger partial charge in [-0.2, -0.15) is 0 Å². The van der Waals surface area contributed by atoms with Crippen LogP contribution in [0.1, 0.15) is 19.3 Å². The molecule has 1 atom stereocenters. The summed E-state index contributed by atoms with van der Waals surface area (Å²) >= 11 is -2.16. The topological polar surface area (TPSA) is 18.5 Å². The van der Waals surface area contributed by atoms with E-state index < -0.39 is 18.8 Å². The Labute approximate surface area is 79.3 Å². The standard InChI is InChI=1S/C6H10O2.3CH3.Sn/c7-8-6-4-2-1-3-5-6;;;;/h2,4,6-7H,1,3,5H2;3*1H3;/q;;;;+1/p-1. The molecule has 1 rings (SSSR count). The Morgan fingerprint density at radius 2 is 2.08 bits per heavy atom. The van der Waals surface area contributed by atoms with Crippen molar-refractivity contribution in [2.45, 2.75) is 40.2 Å². The molecule has 70 valence electrons. The molecule has 0 saturated carbocycles. The normalized spacial score (nSPS) is 24.4. The molecular weight excluding hydrogens is 259 g/mol. The Hall–Kier alpha value is 0.459. The maximum absolute atomic E-state index is 5.43. The first-order valence-electron chi connectivity index (χ1n) is 4.59. The number of hydrogen-bond acceptors (Lipinski definition) is 2. The summed E-state index contributed by atoms with van der Waals surface area (Å²) in [6.07, 6.45) is 8.03. The average Bonchev–Trinajstić information content (AvgIpc) is 2.02. The van der Waals surface area contributed by atoms with Gasteiger partial charge in [-0.15, -0.1) is 0 Å². The molecule has 0 radical (unpaired) electrons. The molecule has 12 heavy (non-hydrogen) atoms. The van der Waals surface area contributed by atoms with Crippen LogP contribution < -0.4 is 0 Å². The fourth-order valence-corrected chi connectivity index (χ4v) is 2.24. The molecule has 1 unspecified atom stereocenters. The third kappa shape index (κ3) is 4.48. The fraction of sp³-hybridized carbons (Fsp3) is 0.778. The molecule has 0 saturated heterocycles. The van der Waals surface area contributed by atoms with Gasteiger partial charge in [0, 0.05) is 0 Å². The van der Waals surface area contributed by atoms with Crippen molar-refractivity contribution in [1.82, 2.24) is 0 Å². The first-order chi connectivity index (χ1) is 5.58. The van der Waals surface area contributed by atoms with Gasteiger partial charge in [-0.25, -0.2) is 0 Å². The molecule has 2 nitrogen and oxygen atoms in total. The molecule has 0 heterocycles. The van der Waals surface area contributed by atoms with E-state index in [9.17, 15) is 0 Å². The van der Waals surface area contributed by atoms with Crippen molar-refractivity contribution in [3.63, 3.8) is 0 Å². The van der Waals surface area contributed by atoms with Crippen molar-refractivity contribution in [1.29, 1.82) is 0 Å². The quantitative estimate of drug-likeness (QED) is 0.342. The van der Waals surface area contributed by atoms with E-state index in [1.54, 1.807) is 0 Å². The van der Waals surface area contributed by atoms with Gasteiger partial charge in [-0.1, -0.05) is 0 Å². The number of rotatable bonds is 3. The van der Waals surface area contributed by atoms with Crippen LogP contribution in [0.25, 0.3) is 0 Å². The van der Waals surface area contributed by atoms with Crippen LogP contribution in [0.2, 0.25) is 14.8 Å². The average molecular weight is 277 g/mol. The Morgan fingerprint density at radius 3 is 2.58 bits per heavy atom. The molecule has 3 heteroatoms. The summed E-state index contributed by atoms with van der Waals surface area (Å²) in [5, 5.41) is 0. The molecule has 0 aliphatic heterocycles. The van der Waals surface area contributed by atoms with Crippen LogP contribution in [0.3, 0.4) is 0 Å². The van der Waals surface area contributed by atoms with E-state index in [0.29, 0.717) is 0 Å². The van der Waals surface area contributed by atoms with Gasteiger partial charge < -0.3 is 0 Å².